The number of hydrogen-bond donors (Lipinski definition) is 1. The average Bonchev–Trinajstić information content (AvgIpc) is 2.42. The van der Waals surface area contributed by atoms with Gasteiger partial charge in [0, 0.05) is 10.2 Å². The molecule has 19 heavy (non-hydrogen) atoms. The van der Waals surface area contributed by atoms with Crippen molar-refractivity contribution in [1.29, 1.82) is 0 Å². The maximum atomic E-state index is 13.1. The predicted octanol–water partition coefficient (Wildman–Crippen LogP) is 4.40. The van der Waals surface area contributed by atoms with E-state index in [2.05, 4.69) is 28.2 Å². The first-order chi connectivity index (χ1) is 9.10. The second kappa shape index (κ2) is 5.97. The molecule has 1 N–H and O–H groups in total. The monoisotopic (exact) mass is 321 g/mol. The molecule has 0 atom stereocenters. The predicted molar refractivity (Wildman–Crippen MR) is 77.9 cm³/mol. The van der Waals surface area contributed by atoms with Crippen LogP contribution in [0.2, 0.25) is 0 Å². The molecule has 2 aromatic carbocycles. The summed E-state index contributed by atoms with van der Waals surface area (Å²) >= 11 is 3.24. The minimum absolute atomic E-state index is 0.277. The molecule has 4 heteroatoms. The standard InChI is InChI=1S/C15H13BrFNO/c1-2-10-3-6-12(7-4-10)18-15(19)13-9-11(17)5-8-14(13)16/h3-9H,2H2,1H3,(H,18,19). The minimum atomic E-state index is -0.435. The van der Waals surface area contributed by atoms with Gasteiger partial charge in [-0.1, -0.05) is 19.1 Å². The average molecular weight is 322 g/mol. The van der Waals surface area contributed by atoms with Crippen LogP contribution in [0.25, 0.3) is 0 Å². The van der Waals surface area contributed by atoms with Gasteiger partial charge in [-0.2, -0.15) is 0 Å². The lowest BCUT2D eigenvalue weighted by Gasteiger charge is -2.07. The van der Waals surface area contributed by atoms with Crippen LogP contribution in [-0.2, 0) is 6.42 Å². The third-order valence-corrected chi connectivity index (χ3v) is 3.48. The van der Waals surface area contributed by atoms with Crippen LogP contribution in [0.1, 0.15) is 22.8 Å². The fraction of sp³-hybridized carbons (Fsp3) is 0.133. The molecule has 0 unspecified atom stereocenters. The van der Waals surface area contributed by atoms with Crippen LogP contribution < -0.4 is 5.32 Å². The topological polar surface area (TPSA) is 29.1 Å². The molecular formula is C15H13BrFNO. The zero-order chi connectivity index (χ0) is 13.8. The SMILES string of the molecule is CCc1ccc(NC(=O)c2cc(F)ccc2Br)cc1. The summed E-state index contributed by atoms with van der Waals surface area (Å²) in [7, 11) is 0. The van der Waals surface area contributed by atoms with Crippen LogP contribution in [0.15, 0.2) is 46.9 Å². The van der Waals surface area contributed by atoms with Crippen LogP contribution in [0.5, 0.6) is 0 Å². The van der Waals surface area contributed by atoms with Gasteiger partial charge in [0.05, 0.1) is 5.56 Å². The molecule has 2 rings (SSSR count). The van der Waals surface area contributed by atoms with Gasteiger partial charge in [-0.05, 0) is 58.2 Å². The minimum Gasteiger partial charge on any atom is -0.322 e. The fourth-order valence-electron chi connectivity index (χ4n) is 1.69. The number of anilines is 1. The Kier molecular flexibility index (Phi) is 4.32. The Morgan fingerprint density at radius 2 is 1.89 bits per heavy atom. The highest BCUT2D eigenvalue weighted by molar-refractivity contribution is 9.10. The zero-order valence-electron chi connectivity index (χ0n) is 10.4. The number of amides is 1. The Morgan fingerprint density at radius 1 is 1.21 bits per heavy atom. The summed E-state index contributed by atoms with van der Waals surface area (Å²) in [6, 6.07) is 11.6. The van der Waals surface area contributed by atoms with Gasteiger partial charge in [0.2, 0.25) is 0 Å². The van der Waals surface area contributed by atoms with Gasteiger partial charge < -0.3 is 5.32 Å². The summed E-state index contributed by atoms with van der Waals surface area (Å²) < 4.78 is 13.7. The third kappa shape index (κ3) is 3.41. The summed E-state index contributed by atoms with van der Waals surface area (Å²) in [4.78, 5) is 12.0. The van der Waals surface area contributed by atoms with Crippen LogP contribution in [0, 0.1) is 5.82 Å². The van der Waals surface area contributed by atoms with E-state index >= 15 is 0 Å². The highest BCUT2D eigenvalue weighted by Crippen LogP contribution is 2.19. The van der Waals surface area contributed by atoms with Gasteiger partial charge in [0.1, 0.15) is 5.82 Å². The van der Waals surface area contributed by atoms with Crippen LogP contribution in [-0.4, -0.2) is 5.91 Å². The molecule has 98 valence electrons. The quantitative estimate of drug-likeness (QED) is 0.891. The first-order valence-electron chi connectivity index (χ1n) is 5.95. The molecule has 0 spiro atoms. The van der Waals surface area contributed by atoms with Crippen molar-refractivity contribution in [2.24, 2.45) is 0 Å². The summed E-state index contributed by atoms with van der Waals surface area (Å²) in [5.41, 5.74) is 2.17. The Bertz CT molecular complexity index is 596. The lowest BCUT2D eigenvalue weighted by atomic mass is 10.1. The zero-order valence-corrected chi connectivity index (χ0v) is 12.0. The molecule has 0 bridgehead atoms. The molecule has 0 fully saturated rings. The second-order valence-electron chi connectivity index (χ2n) is 4.13. The highest BCUT2D eigenvalue weighted by Gasteiger charge is 2.11. The van der Waals surface area contributed by atoms with Crippen molar-refractivity contribution in [3.8, 4) is 0 Å². The summed E-state index contributed by atoms with van der Waals surface area (Å²) in [5.74, 6) is -0.773. The van der Waals surface area contributed by atoms with E-state index in [0.717, 1.165) is 6.42 Å². The Morgan fingerprint density at radius 3 is 2.53 bits per heavy atom. The fourth-order valence-corrected chi connectivity index (χ4v) is 2.12. The van der Waals surface area contributed by atoms with Gasteiger partial charge in [-0.15, -0.1) is 0 Å². The Hall–Kier alpha value is -1.68. The second-order valence-corrected chi connectivity index (χ2v) is 4.98. The summed E-state index contributed by atoms with van der Waals surface area (Å²) in [6.45, 7) is 2.07. The molecule has 0 heterocycles. The number of benzene rings is 2. The molecule has 2 nitrogen and oxygen atoms in total. The molecule has 1 amide bonds. The normalized spacial score (nSPS) is 10.3. The Labute approximate surface area is 119 Å². The van der Waals surface area contributed by atoms with Crippen LogP contribution in [0.4, 0.5) is 10.1 Å². The van der Waals surface area contributed by atoms with Crippen LogP contribution >= 0.6 is 15.9 Å². The van der Waals surface area contributed by atoms with E-state index in [1.165, 1.54) is 23.8 Å². The molecule has 0 aliphatic carbocycles. The van der Waals surface area contributed by atoms with Crippen molar-refractivity contribution < 1.29 is 9.18 Å². The van der Waals surface area contributed by atoms with Gasteiger partial charge >= 0.3 is 0 Å². The summed E-state index contributed by atoms with van der Waals surface area (Å²) in [5, 5.41) is 2.74. The van der Waals surface area contributed by atoms with E-state index in [1.807, 2.05) is 24.3 Å². The van der Waals surface area contributed by atoms with Crippen molar-refractivity contribution in [1.82, 2.24) is 0 Å². The van der Waals surface area contributed by atoms with Crippen molar-refractivity contribution in [2.45, 2.75) is 13.3 Å². The van der Waals surface area contributed by atoms with Crippen molar-refractivity contribution in [3.63, 3.8) is 0 Å². The molecule has 2 aromatic rings. The molecule has 0 aromatic heterocycles. The van der Waals surface area contributed by atoms with E-state index in [1.54, 1.807) is 0 Å². The number of aryl methyl sites for hydroxylation is 1. The number of hydrogen-bond acceptors (Lipinski definition) is 1. The van der Waals surface area contributed by atoms with E-state index in [4.69, 9.17) is 0 Å². The van der Waals surface area contributed by atoms with Crippen molar-refractivity contribution in [2.75, 3.05) is 5.32 Å². The lowest BCUT2D eigenvalue weighted by Crippen LogP contribution is -2.12. The molecule has 0 saturated heterocycles. The largest absolute Gasteiger partial charge is 0.322 e. The Balaban J connectivity index is 2.18. The smallest absolute Gasteiger partial charge is 0.256 e. The van der Waals surface area contributed by atoms with E-state index < -0.39 is 5.82 Å². The van der Waals surface area contributed by atoms with Gasteiger partial charge in [-0.25, -0.2) is 4.39 Å². The van der Waals surface area contributed by atoms with Gasteiger partial charge in [-0.3, -0.25) is 4.79 Å². The van der Waals surface area contributed by atoms with Crippen molar-refractivity contribution in [3.05, 3.63) is 63.9 Å². The third-order valence-electron chi connectivity index (χ3n) is 2.79. The number of carbonyl (C=O) groups excluding carboxylic acids is 1. The van der Waals surface area contributed by atoms with Crippen LogP contribution in [0.3, 0.4) is 0 Å². The number of nitrogens with one attached hydrogen (secondary N) is 1. The number of carbonyl (C=O) groups is 1. The first kappa shape index (κ1) is 13.7. The van der Waals surface area contributed by atoms with E-state index in [-0.39, 0.29) is 11.5 Å². The highest BCUT2D eigenvalue weighted by atomic mass is 79.9. The van der Waals surface area contributed by atoms with E-state index in [9.17, 15) is 9.18 Å². The van der Waals surface area contributed by atoms with Crippen molar-refractivity contribution >= 4 is 27.5 Å². The maximum Gasteiger partial charge on any atom is 0.256 e. The van der Waals surface area contributed by atoms with E-state index in [0.29, 0.717) is 10.2 Å². The molecule has 0 aliphatic rings. The van der Waals surface area contributed by atoms with Gasteiger partial charge in [0.25, 0.3) is 5.91 Å². The number of rotatable bonds is 3. The summed E-state index contributed by atoms with van der Waals surface area (Å²) in [6.07, 6.45) is 0.948. The lowest BCUT2D eigenvalue weighted by molar-refractivity contribution is 0.102. The molecule has 0 saturated carbocycles. The van der Waals surface area contributed by atoms with Gasteiger partial charge in [0.15, 0.2) is 0 Å². The number of halogens is 2. The molecular weight excluding hydrogens is 309 g/mol. The molecule has 0 aliphatic heterocycles. The first-order valence-corrected chi connectivity index (χ1v) is 6.75. The molecule has 0 radical (unpaired) electrons. The maximum absolute atomic E-state index is 13.1.